The fraction of sp³-hybridized carbons (Fsp3) is 0. The average Bonchev–Trinajstić information content (AvgIpc) is 0.696. The Morgan fingerprint density at radius 1 is 0.139 bits per heavy atom. The maximum absolute atomic E-state index is 16.1. The summed E-state index contributed by atoms with van der Waals surface area (Å²) in [6.45, 7) is 14.6. The quantitative estimate of drug-likeness (QED) is 0.0369. The molecular weight excluding hydrogens is 2090 g/mol. The van der Waals surface area contributed by atoms with Crippen molar-refractivity contribution >= 4 is 128 Å². The van der Waals surface area contributed by atoms with Gasteiger partial charge in [-0.2, -0.15) is 10.9 Å². The standard InChI is InChI=1S/C32H12BF16.C26H7BF15.C24H4BF16.C6H3BF5/c1-5-9-17(34)25(42)13(26(43)18(9)35)33(14-27(44)19(36)10(6-2)20(37)28(14)45,15-29(46)21(38)11(7-3)22(39)30(15)47)16-31(48)23(40)12(8-4)24(41)32(16)49;1-2-7-3-5-8(6-4-7)27(9-12(28)18(34)24(40)19(35)13(9)29,10-14(30)20(36)25(41)21(37)15(10)31)11-16(32)22(38)26(42)23(39)17(11)33;26-6-3-1-5(2-4-6)25(7-10(27)16(33)22(39)17(34)11(7)28,8-12(29)18(35)23(40)19(36)13(8)30)9-14(31)20(37)24(41)21(38)15(9)32;7-1-2(8)4(10)6(12)5(11)3(1)9/h5-8H,1-4H2;2-6H,1H2;1-4H;7H3/q4*-1. The normalized spacial score (nSPS) is 11.6. The lowest BCUT2D eigenvalue weighted by Crippen LogP contribution is -2.81. The van der Waals surface area contributed by atoms with E-state index in [1.54, 1.807) is 0 Å². The Kier molecular flexibility index (Phi) is 31.3. The predicted molar refractivity (Wildman–Crippen MR) is 414 cm³/mol. The number of benzene rings is 13. The van der Waals surface area contributed by atoms with Gasteiger partial charge in [-0.3, -0.25) is 0 Å². The second-order valence-electron chi connectivity index (χ2n) is 28.8. The van der Waals surface area contributed by atoms with E-state index < -0.39 is 422 Å². The van der Waals surface area contributed by atoms with Crippen LogP contribution >= 0.6 is 0 Å². The molecule has 13 aromatic carbocycles. The Morgan fingerprint density at radius 3 is 0.396 bits per heavy atom. The molecule has 0 N–H and O–H groups in total. The first-order valence-electron chi connectivity index (χ1n) is 36.9. The van der Waals surface area contributed by atoms with Crippen LogP contribution in [-0.2, 0) is 0 Å². The van der Waals surface area contributed by atoms with Crippen LogP contribution in [0.25, 0.3) is 30.4 Å². The Morgan fingerprint density at radius 2 is 0.257 bits per heavy atom. The van der Waals surface area contributed by atoms with Gasteiger partial charge in [-0.05, 0) is 25.5 Å². The number of hydrogen-bond donors (Lipinski definition) is 0. The van der Waals surface area contributed by atoms with Gasteiger partial charge in [0.1, 0.15) is 152 Å². The summed E-state index contributed by atoms with van der Waals surface area (Å²) in [6, 6.07) is 2.71. The topological polar surface area (TPSA) is 0 Å². The van der Waals surface area contributed by atoms with Gasteiger partial charge in [-0.1, -0.05) is 99.7 Å². The van der Waals surface area contributed by atoms with E-state index in [1.807, 2.05) is 0 Å². The van der Waals surface area contributed by atoms with Gasteiger partial charge < -0.3 is 0 Å². The van der Waals surface area contributed by atoms with E-state index >= 15 is 123 Å². The van der Waals surface area contributed by atoms with E-state index in [4.69, 9.17) is 0 Å². The highest BCUT2D eigenvalue weighted by Gasteiger charge is 2.55. The second-order valence-corrected chi connectivity index (χ2v) is 28.8. The van der Waals surface area contributed by atoms with Crippen LogP contribution in [0.2, 0.25) is 0 Å². The summed E-state index contributed by atoms with van der Waals surface area (Å²) < 4.78 is 769. The molecule has 0 saturated carbocycles. The van der Waals surface area contributed by atoms with Crippen molar-refractivity contribution in [3.8, 4) is 0 Å². The van der Waals surface area contributed by atoms with E-state index in [0.717, 1.165) is 18.2 Å². The molecule has 0 aromatic heterocycles. The van der Waals surface area contributed by atoms with Gasteiger partial charge in [-0.15, -0.1) is 60.1 Å². The zero-order chi connectivity index (χ0) is 109. The van der Waals surface area contributed by atoms with Crippen LogP contribution in [0.15, 0.2) is 81.4 Å². The van der Waals surface area contributed by atoms with Crippen molar-refractivity contribution in [3.05, 3.63) is 412 Å². The molecule has 0 aliphatic rings. The summed E-state index contributed by atoms with van der Waals surface area (Å²) in [5, 5.41) is 0. The maximum atomic E-state index is 16.1. The molecule has 0 aliphatic carbocycles. The molecule has 0 atom stereocenters. The third kappa shape index (κ3) is 16.4. The average molecular weight is 2110 g/mol. The SMILES string of the molecule is C=Cc1c(F)c(F)c([B-](c2c(F)c(F)c(C=C)c(F)c2F)(c2c(F)c(F)c(C=C)c(F)c2F)c2c(F)c(F)c(C=C)c(F)c2F)c(F)c1F.C=Cc1ccc([B-](c2c(F)c(F)c(F)c(F)c2F)(c2c(F)c(F)c(F)c(F)c2F)c2c(F)c(F)c(F)c(F)c2F)cc1.Fc1ccc([B-](c2c(F)c(F)c(F)c(F)c2F)(c2c(F)c(F)c(F)c(F)c2F)c2c(F)c(F)c(F)c(F)c2F)cc1.[BH3-]c1c(F)c(F)c(F)c(F)c1F. The van der Waals surface area contributed by atoms with Crippen LogP contribution in [-0.4, -0.2) is 26.3 Å². The molecule has 56 heteroatoms. The number of hydrogen-bond acceptors (Lipinski definition) is 0. The third-order valence-corrected chi connectivity index (χ3v) is 22.0. The van der Waals surface area contributed by atoms with Crippen LogP contribution in [0.1, 0.15) is 27.8 Å². The summed E-state index contributed by atoms with van der Waals surface area (Å²) in [4.78, 5) is 0. The second kappa shape index (κ2) is 40.5. The van der Waals surface area contributed by atoms with Gasteiger partial charge in [0.15, 0.2) is 169 Å². The van der Waals surface area contributed by atoms with Crippen molar-refractivity contribution in [2.24, 2.45) is 0 Å². The van der Waals surface area contributed by atoms with Crippen molar-refractivity contribution in [3.63, 3.8) is 0 Å². The largest absolute Gasteiger partial charge is 0.207 e. The molecule has 13 rings (SSSR count). The van der Waals surface area contributed by atoms with Crippen molar-refractivity contribution in [1.82, 2.24) is 0 Å². The van der Waals surface area contributed by atoms with Crippen LogP contribution in [0.4, 0.5) is 228 Å². The van der Waals surface area contributed by atoms with E-state index in [2.05, 4.69) is 32.9 Å². The molecular formula is C88H26B4F52-4. The predicted octanol–water partition coefficient (Wildman–Crippen LogP) is 19.3. The third-order valence-electron chi connectivity index (χ3n) is 22.0. The summed E-state index contributed by atoms with van der Waals surface area (Å²) in [6.07, 6.45) is -17.3. The summed E-state index contributed by atoms with van der Waals surface area (Å²) >= 11 is 0. The van der Waals surface area contributed by atoms with E-state index in [1.165, 1.54) is 0 Å². The van der Waals surface area contributed by atoms with E-state index in [9.17, 15) is 105 Å². The van der Waals surface area contributed by atoms with Crippen molar-refractivity contribution < 1.29 is 228 Å². The fourth-order valence-electron chi connectivity index (χ4n) is 15.8. The molecule has 0 saturated heterocycles. The molecule has 0 heterocycles. The lowest BCUT2D eigenvalue weighted by atomic mass is 9.12. The van der Waals surface area contributed by atoms with Gasteiger partial charge >= 0.3 is 0 Å². The molecule has 0 nitrogen and oxygen atoms in total. The highest BCUT2D eigenvalue weighted by Crippen LogP contribution is 2.38. The fourth-order valence-corrected chi connectivity index (χ4v) is 15.8. The minimum atomic E-state index is -6.71. The van der Waals surface area contributed by atoms with Gasteiger partial charge in [0.05, 0.1) is 22.3 Å². The van der Waals surface area contributed by atoms with Crippen LogP contribution in [0.3, 0.4) is 0 Å². The molecule has 0 spiro atoms. The highest BCUT2D eigenvalue weighted by atomic mass is 19.2. The van der Waals surface area contributed by atoms with Crippen molar-refractivity contribution in [1.29, 1.82) is 0 Å². The van der Waals surface area contributed by atoms with Crippen LogP contribution in [0, 0.1) is 302 Å². The molecule has 0 aliphatic heterocycles. The lowest BCUT2D eigenvalue weighted by molar-refractivity contribution is 0.379. The van der Waals surface area contributed by atoms with Gasteiger partial charge in [-0.25, -0.2) is 228 Å². The Bertz CT molecular complexity index is 6670. The van der Waals surface area contributed by atoms with E-state index in [-0.39, 0.29) is 54.1 Å². The summed E-state index contributed by atoms with van der Waals surface area (Å²) in [7, 11) is -1.05. The number of halogens is 52. The molecule has 13 aromatic rings. The van der Waals surface area contributed by atoms with Gasteiger partial charge in [0, 0.05) is 0 Å². The van der Waals surface area contributed by atoms with Gasteiger partial charge in [0.2, 0.25) is 0 Å². The van der Waals surface area contributed by atoms with Crippen molar-refractivity contribution in [2.75, 3.05) is 0 Å². The summed E-state index contributed by atoms with van der Waals surface area (Å²) in [5.74, 6) is -150. The molecule has 0 bridgehead atoms. The van der Waals surface area contributed by atoms with Crippen LogP contribution in [0.5, 0.6) is 0 Å². The molecule has 0 unspecified atom stereocenters. The first-order chi connectivity index (χ1) is 66.9. The maximum Gasteiger partial charge on any atom is 0.200 e. The molecule has 758 valence electrons. The van der Waals surface area contributed by atoms with Gasteiger partial charge in [0.25, 0.3) is 0 Å². The van der Waals surface area contributed by atoms with Crippen LogP contribution < -0.4 is 71.0 Å². The van der Waals surface area contributed by atoms with Crippen molar-refractivity contribution in [2.45, 2.75) is 0 Å². The Balaban J connectivity index is 0.000000210. The zero-order valence-corrected chi connectivity index (χ0v) is 67.4. The smallest absolute Gasteiger partial charge is 0.200 e. The minimum absolute atomic E-state index is 0.0213. The highest BCUT2D eigenvalue weighted by molar-refractivity contribution is 7.21. The number of rotatable bonds is 17. The molecule has 0 amide bonds. The Labute approximate surface area is 765 Å². The Hall–Kier alpha value is -14.8. The molecule has 0 radical (unpaired) electrons. The minimum Gasteiger partial charge on any atom is -0.207 e. The molecule has 144 heavy (non-hydrogen) atoms. The monoisotopic (exact) mass is 2110 g/mol. The first kappa shape index (κ1) is 111. The zero-order valence-electron chi connectivity index (χ0n) is 67.4. The first-order valence-corrected chi connectivity index (χ1v) is 36.9. The lowest BCUT2D eigenvalue weighted by Gasteiger charge is -2.45. The summed E-state index contributed by atoms with van der Waals surface area (Å²) in [5.41, 5.74) is -39.8. The molecule has 0 fully saturated rings. The van der Waals surface area contributed by atoms with E-state index in [0.29, 0.717) is 12.1 Å².